The van der Waals surface area contributed by atoms with Crippen LogP contribution in [0.2, 0.25) is 0 Å². The predicted octanol–water partition coefficient (Wildman–Crippen LogP) is -0.350. The number of carboxylic acid groups (broad SMARTS) is 2. The Labute approximate surface area is 82.3 Å². The van der Waals surface area contributed by atoms with Crippen LogP contribution in [-0.4, -0.2) is 39.4 Å². The molecule has 0 bridgehead atoms. The van der Waals surface area contributed by atoms with Crippen LogP contribution < -0.4 is 5.73 Å². The van der Waals surface area contributed by atoms with Crippen molar-refractivity contribution in [3.8, 4) is 0 Å². The molecule has 14 heavy (non-hydrogen) atoms. The summed E-state index contributed by atoms with van der Waals surface area (Å²) in [5.74, 6) is -2.08. The lowest BCUT2D eigenvalue weighted by Crippen LogP contribution is -2.28. The van der Waals surface area contributed by atoms with Crippen LogP contribution in [-0.2, 0) is 9.59 Å². The zero-order valence-electron chi connectivity index (χ0n) is 8.30. The molecule has 0 rings (SSSR count). The van der Waals surface area contributed by atoms with Crippen LogP contribution >= 0.6 is 0 Å². The van der Waals surface area contributed by atoms with Crippen molar-refractivity contribution in [3.05, 3.63) is 0 Å². The van der Waals surface area contributed by atoms with Crippen molar-refractivity contribution in [2.45, 2.75) is 38.8 Å². The first kappa shape index (κ1) is 15.3. The van der Waals surface area contributed by atoms with E-state index in [1.54, 1.807) is 13.8 Å². The largest absolute Gasteiger partial charge is 0.480 e. The third kappa shape index (κ3) is 8.95. The van der Waals surface area contributed by atoms with Gasteiger partial charge >= 0.3 is 11.9 Å². The molecule has 0 aliphatic carbocycles. The maximum absolute atomic E-state index is 9.81. The van der Waals surface area contributed by atoms with E-state index in [0.29, 0.717) is 6.42 Å². The van der Waals surface area contributed by atoms with Crippen molar-refractivity contribution in [1.82, 2.24) is 0 Å². The fraction of sp³-hybridized carbons (Fsp3) is 0.750. The fourth-order valence-corrected chi connectivity index (χ4v) is 0.349. The molecule has 0 saturated carbocycles. The van der Waals surface area contributed by atoms with Crippen LogP contribution in [0.3, 0.4) is 0 Å². The van der Waals surface area contributed by atoms with Crippen LogP contribution in [0, 0.1) is 0 Å². The fourth-order valence-electron chi connectivity index (χ4n) is 0.349. The number of aliphatic hydroxyl groups excluding tert-OH is 1. The summed E-state index contributed by atoms with van der Waals surface area (Å²) in [6.45, 7) is 3.34. The van der Waals surface area contributed by atoms with Gasteiger partial charge in [0.05, 0.1) is 0 Å². The van der Waals surface area contributed by atoms with Crippen molar-refractivity contribution in [2.24, 2.45) is 5.73 Å². The number of hydrogen-bond acceptors (Lipinski definition) is 4. The summed E-state index contributed by atoms with van der Waals surface area (Å²) in [4.78, 5) is 19.5. The molecule has 0 aliphatic rings. The quantitative estimate of drug-likeness (QED) is 0.500. The van der Waals surface area contributed by atoms with Crippen LogP contribution in [0.4, 0.5) is 0 Å². The van der Waals surface area contributed by atoms with E-state index in [2.05, 4.69) is 0 Å². The molecule has 6 heteroatoms. The summed E-state index contributed by atoms with van der Waals surface area (Å²) in [5.41, 5.74) is 5.02. The highest BCUT2D eigenvalue weighted by Gasteiger charge is 2.07. The number of rotatable bonds is 4. The van der Waals surface area contributed by atoms with Gasteiger partial charge in [-0.1, -0.05) is 13.8 Å². The number of carbonyl (C=O) groups is 2. The van der Waals surface area contributed by atoms with Crippen molar-refractivity contribution in [3.63, 3.8) is 0 Å². The van der Waals surface area contributed by atoms with Gasteiger partial charge < -0.3 is 21.1 Å². The van der Waals surface area contributed by atoms with E-state index in [4.69, 9.17) is 21.1 Å². The Morgan fingerprint density at radius 3 is 1.57 bits per heavy atom. The van der Waals surface area contributed by atoms with E-state index in [1.807, 2.05) is 0 Å². The van der Waals surface area contributed by atoms with Gasteiger partial charge in [-0.3, -0.25) is 4.79 Å². The molecular weight excluding hydrogens is 190 g/mol. The Morgan fingerprint density at radius 2 is 1.57 bits per heavy atom. The second kappa shape index (κ2) is 8.46. The predicted molar refractivity (Wildman–Crippen MR) is 49.8 cm³/mol. The summed E-state index contributed by atoms with van der Waals surface area (Å²) >= 11 is 0. The Balaban J connectivity index is 0. The smallest absolute Gasteiger partial charge is 0.332 e. The van der Waals surface area contributed by atoms with Gasteiger partial charge in [0.25, 0.3) is 0 Å². The molecule has 6 nitrogen and oxygen atoms in total. The highest BCUT2D eigenvalue weighted by molar-refractivity contribution is 5.72. The average Bonchev–Trinajstić information content (AvgIpc) is 2.15. The van der Waals surface area contributed by atoms with E-state index in [-0.39, 0.29) is 6.42 Å². The Hall–Kier alpha value is -1.14. The van der Waals surface area contributed by atoms with Gasteiger partial charge in [-0.25, -0.2) is 4.79 Å². The van der Waals surface area contributed by atoms with Gasteiger partial charge in [-0.05, 0) is 12.8 Å². The molecule has 84 valence electrons. The van der Waals surface area contributed by atoms with E-state index >= 15 is 0 Å². The minimum absolute atomic E-state index is 0.273. The van der Waals surface area contributed by atoms with Crippen molar-refractivity contribution in [2.75, 3.05) is 0 Å². The van der Waals surface area contributed by atoms with Crippen LogP contribution in [0.25, 0.3) is 0 Å². The highest BCUT2D eigenvalue weighted by atomic mass is 16.4. The molecule has 0 saturated heterocycles. The van der Waals surface area contributed by atoms with Crippen molar-refractivity contribution >= 4 is 11.9 Å². The molecule has 0 amide bonds. The summed E-state index contributed by atoms with van der Waals surface area (Å²) in [6.07, 6.45) is -0.412. The standard InChI is InChI=1S/C4H9NO2.C4H8O3/c2*1-2-3(5)4(6)7/h3H,2,5H2,1H3,(H,6,7);3,5H,2H2,1H3,(H,6,7). The van der Waals surface area contributed by atoms with Crippen LogP contribution in [0.1, 0.15) is 26.7 Å². The van der Waals surface area contributed by atoms with E-state index in [9.17, 15) is 9.59 Å². The maximum atomic E-state index is 9.81. The van der Waals surface area contributed by atoms with Gasteiger partial charge in [0.2, 0.25) is 0 Å². The van der Waals surface area contributed by atoms with E-state index in [1.165, 1.54) is 0 Å². The minimum Gasteiger partial charge on any atom is -0.480 e. The zero-order chi connectivity index (χ0) is 11.7. The highest BCUT2D eigenvalue weighted by Crippen LogP contribution is 1.86. The van der Waals surface area contributed by atoms with Gasteiger partial charge in [0.1, 0.15) is 6.04 Å². The Bertz CT molecular complexity index is 163. The number of aliphatic carboxylic acids is 2. The SMILES string of the molecule is CCC(N)C(=O)O.CCC(O)C(=O)O. The number of nitrogens with two attached hydrogens (primary N) is 1. The van der Waals surface area contributed by atoms with Gasteiger partial charge in [-0.15, -0.1) is 0 Å². The van der Waals surface area contributed by atoms with Crippen LogP contribution in [0.15, 0.2) is 0 Å². The van der Waals surface area contributed by atoms with E-state index < -0.39 is 24.1 Å². The van der Waals surface area contributed by atoms with Crippen molar-refractivity contribution < 1.29 is 24.9 Å². The molecule has 0 aliphatic heterocycles. The number of carboxylic acids is 2. The molecule has 0 aromatic heterocycles. The lowest BCUT2D eigenvalue weighted by molar-refractivity contribution is -0.146. The summed E-state index contributed by atoms with van der Waals surface area (Å²) in [6, 6.07) is -0.681. The molecule has 0 aromatic carbocycles. The first-order valence-corrected chi connectivity index (χ1v) is 4.26. The van der Waals surface area contributed by atoms with Crippen LogP contribution in [0.5, 0.6) is 0 Å². The molecule has 2 atom stereocenters. The first-order chi connectivity index (χ1) is 6.36. The molecule has 2 unspecified atom stereocenters. The number of aliphatic hydroxyl groups is 1. The molecule has 0 heterocycles. The van der Waals surface area contributed by atoms with Gasteiger partial charge in [0.15, 0.2) is 6.10 Å². The average molecular weight is 207 g/mol. The summed E-state index contributed by atoms with van der Waals surface area (Å²) < 4.78 is 0. The molecule has 0 fully saturated rings. The lowest BCUT2D eigenvalue weighted by Gasteiger charge is -1.97. The Kier molecular flexibility index (Phi) is 9.27. The van der Waals surface area contributed by atoms with E-state index in [0.717, 1.165) is 0 Å². The molecule has 0 aromatic rings. The first-order valence-electron chi connectivity index (χ1n) is 4.26. The zero-order valence-corrected chi connectivity index (χ0v) is 8.30. The summed E-state index contributed by atoms with van der Waals surface area (Å²) in [5, 5.41) is 24.3. The molecular formula is C8H17NO5. The summed E-state index contributed by atoms with van der Waals surface area (Å²) in [7, 11) is 0. The third-order valence-electron chi connectivity index (χ3n) is 1.43. The minimum atomic E-state index is -1.18. The monoisotopic (exact) mass is 207 g/mol. The topological polar surface area (TPSA) is 121 Å². The number of hydrogen-bond donors (Lipinski definition) is 4. The molecule has 0 spiro atoms. The van der Waals surface area contributed by atoms with Gasteiger partial charge in [-0.2, -0.15) is 0 Å². The Morgan fingerprint density at radius 1 is 1.14 bits per heavy atom. The molecule has 0 radical (unpaired) electrons. The normalized spacial score (nSPS) is 13.4. The maximum Gasteiger partial charge on any atom is 0.332 e. The van der Waals surface area contributed by atoms with Gasteiger partial charge in [0, 0.05) is 0 Å². The second-order valence-electron chi connectivity index (χ2n) is 2.62. The lowest BCUT2D eigenvalue weighted by atomic mass is 10.2. The third-order valence-corrected chi connectivity index (χ3v) is 1.43. The van der Waals surface area contributed by atoms with Crippen molar-refractivity contribution in [1.29, 1.82) is 0 Å². The molecule has 5 N–H and O–H groups in total. The second-order valence-corrected chi connectivity index (χ2v) is 2.62.